The summed E-state index contributed by atoms with van der Waals surface area (Å²) in [7, 11) is 0. The second-order valence-corrected chi connectivity index (χ2v) is 5.26. The van der Waals surface area contributed by atoms with E-state index in [0.717, 1.165) is 25.3 Å². The monoisotopic (exact) mass is 284 g/mol. The molecule has 1 aromatic carbocycles. The van der Waals surface area contributed by atoms with Crippen molar-refractivity contribution in [1.82, 2.24) is 10.3 Å². The second kappa shape index (κ2) is 7.79. The van der Waals surface area contributed by atoms with Crippen LogP contribution in [0.15, 0.2) is 42.6 Å². The highest BCUT2D eigenvalue weighted by molar-refractivity contribution is 5.32. The Morgan fingerprint density at radius 2 is 1.90 bits per heavy atom. The Bertz CT molecular complexity index is 551. The second-order valence-electron chi connectivity index (χ2n) is 5.26. The highest BCUT2D eigenvalue weighted by Gasteiger charge is 2.04. The lowest BCUT2D eigenvalue weighted by Gasteiger charge is -2.10. The first-order valence-electron chi connectivity index (χ1n) is 7.66. The molecule has 1 heterocycles. The van der Waals surface area contributed by atoms with Crippen molar-refractivity contribution in [2.45, 2.75) is 39.7 Å². The molecule has 0 aliphatic carbocycles. The zero-order chi connectivity index (χ0) is 15.1. The van der Waals surface area contributed by atoms with Gasteiger partial charge in [0.1, 0.15) is 5.75 Å². The predicted octanol–water partition coefficient (Wildman–Crippen LogP) is 4.50. The SMILES string of the molecule is CCNCc1ccnc(Oc2ccc(C(C)CC)cc2)c1. The van der Waals surface area contributed by atoms with Crippen molar-refractivity contribution in [3.05, 3.63) is 53.7 Å². The number of nitrogens with zero attached hydrogens (tertiary/aromatic N) is 1. The maximum Gasteiger partial charge on any atom is 0.219 e. The maximum absolute atomic E-state index is 5.83. The molecule has 3 heteroatoms. The average molecular weight is 284 g/mol. The first kappa shape index (κ1) is 15.5. The van der Waals surface area contributed by atoms with Gasteiger partial charge in [-0.1, -0.05) is 32.9 Å². The molecule has 0 bridgehead atoms. The van der Waals surface area contributed by atoms with E-state index in [4.69, 9.17) is 4.74 Å². The van der Waals surface area contributed by atoms with Crippen molar-refractivity contribution >= 4 is 0 Å². The van der Waals surface area contributed by atoms with Gasteiger partial charge in [0.15, 0.2) is 0 Å². The average Bonchev–Trinajstić information content (AvgIpc) is 2.53. The molecule has 2 aromatic rings. The Balaban J connectivity index is 2.04. The molecular weight excluding hydrogens is 260 g/mol. The molecule has 3 nitrogen and oxygen atoms in total. The van der Waals surface area contributed by atoms with Gasteiger partial charge in [-0.15, -0.1) is 0 Å². The van der Waals surface area contributed by atoms with Gasteiger partial charge in [-0.05, 0) is 48.2 Å². The van der Waals surface area contributed by atoms with Crippen LogP contribution in [0.25, 0.3) is 0 Å². The largest absolute Gasteiger partial charge is 0.439 e. The van der Waals surface area contributed by atoms with Crippen molar-refractivity contribution in [3.8, 4) is 11.6 Å². The fourth-order valence-corrected chi connectivity index (χ4v) is 2.11. The molecule has 2 rings (SSSR count). The van der Waals surface area contributed by atoms with Crippen LogP contribution in [0.2, 0.25) is 0 Å². The number of ether oxygens (including phenoxy) is 1. The molecule has 0 spiro atoms. The van der Waals surface area contributed by atoms with Crippen LogP contribution in [0, 0.1) is 0 Å². The lowest BCUT2D eigenvalue weighted by molar-refractivity contribution is 0.461. The van der Waals surface area contributed by atoms with Crippen molar-refractivity contribution in [2.75, 3.05) is 6.54 Å². The predicted molar refractivity (Wildman–Crippen MR) is 86.8 cm³/mol. The highest BCUT2D eigenvalue weighted by atomic mass is 16.5. The minimum absolute atomic E-state index is 0.584. The lowest BCUT2D eigenvalue weighted by Crippen LogP contribution is -2.11. The van der Waals surface area contributed by atoms with E-state index in [2.05, 4.69) is 43.2 Å². The van der Waals surface area contributed by atoms with E-state index >= 15 is 0 Å². The van der Waals surface area contributed by atoms with E-state index in [1.165, 1.54) is 11.1 Å². The molecule has 0 fully saturated rings. The minimum atomic E-state index is 0.584. The molecule has 0 amide bonds. The maximum atomic E-state index is 5.83. The summed E-state index contributed by atoms with van der Waals surface area (Å²) >= 11 is 0. The van der Waals surface area contributed by atoms with Crippen LogP contribution in [-0.2, 0) is 6.54 Å². The van der Waals surface area contributed by atoms with E-state index in [0.29, 0.717) is 11.8 Å². The molecule has 1 aromatic heterocycles. The first-order chi connectivity index (χ1) is 10.2. The first-order valence-corrected chi connectivity index (χ1v) is 7.66. The van der Waals surface area contributed by atoms with Crippen LogP contribution in [-0.4, -0.2) is 11.5 Å². The van der Waals surface area contributed by atoms with Gasteiger partial charge in [-0.3, -0.25) is 0 Å². The molecular formula is C18H24N2O. The van der Waals surface area contributed by atoms with Crippen LogP contribution in [0.4, 0.5) is 0 Å². The van der Waals surface area contributed by atoms with E-state index < -0.39 is 0 Å². The van der Waals surface area contributed by atoms with Gasteiger partial charge in [0.05, 0.1) is 0 Å². The number of hydrogen-bond acceptors (Lipinski definition) is 3. The standard InChI is InChI=1S/C18H24N2O/c1-4-14(3)16-6-8-17(9-7-16)21-18-12-15(10-11-20-18)13-19-5-2/h6-12,14,19H,4-5,13H2,1-3H3. The highest BCUT2D eigenvalue weighted by Crippen LogP contribution is 2.24. The number of pyridine rings is 1. The summed E-state index contributed by atoms with van der Waals surface area (Å²) < 4.78 is 5.83. The molecule has 112 valence electrons. The Hall–Kier alpha value is -1.87. The summed E-state index contributed by atoms with van der Waals surface area (Å²) in [5.41, 5.74) is 2.52. The Morgan fingerprint density at radius 3 is 2.57 bits per heavy atom. The molecule has 0 aliphatic rings. The van der Waals surface area contributed by atoms with E-state index in [-0.39, 0.29) is 0 Å². The summed E-state index contributed by atoms with van der Waals surface area (Å²) in [6.07, 6.45) is 2.93. The summed E-state index contributed by atoms with van der Waals surface area (Å²) in [4.78, 5) is 4.27. The van der Waals surface area contributed by atoms with Crippen LogP contribution < -0.4 is 10.1 Å². The molecule has 1 atom stereocenters. The lowest BCUT2D eigenvalue weighted by atomic mass is 9.99. The quantitative estimate of drug-likeness (QED) is 0.813. The number of aromatic nitrogens is 1. The Kier molecular flexibility index (Phi) is 5.76. The molecule has 1 unspecified atom stereocenters. The van der Waals surface area contributed by atoms with Crippen molar-refractivity contribution in [3.63, 3.8) is 0 Å². The van der Waals surface area contributed by atoms with Gasteiger partial charge in [0.25, 0.3) is 0 Å². The molecule has 0 aliphatic heterocycles. The molecule has 1 N–H and O–H groups in total. The summed E-state index contributed by atoms with van der Waals surface area (Å²) in [6, 6.07) is 12.3. The van der Waals surface area contributed by atoms with Gasteiger partial charge in [0, 0.05) is 18.8 Å². The van der Waals surface area contributed by atoms with Crippen molar-refractivity contribution < 1.29 is 4.74 Å². The number of hydrogen-bond donors (Lipinski definition) is 1. The third-order valence-corrected chi connectivity index (χ3v) is 3.66. The van der Waals surface area contributed by atoms with E-state index in [1.807, 2.05) is 24.3 Å². The van der Waals surface area contributed by atoms with Crippen LogP contribution in [0.1, 0.15) is 44.2 Å². The summed E-state index contributed by atoms with van der Waals surface area (Å²) in [6.45, 7) is 8.33. The van der Waals surface area contributed by atoms with Crippen LogP contribution in [0.3, 0.4) is 0 Å². The summed E-state index contributed by atoms with van der Waals surface area (Å²) in [5.74, 6) is 2.05. The smallest absolute Gasteiger partial charge is 0.219 e. The molecule has 21 heavy (non-hydrogen) atoms. The zero-order valence-electron chi connectivity index (χ0n) is 13.1. The summed E-state index contributed by atoms with van der Waals surface area (Å²) in [5, 5.41) is 3.30. The normalized spacial score (nSPS) is 12.1. The number of nitrogens with one attached hydrogen (secondary N) is 1. The van der Waals surface area contributed by atoms with E-state index in [9.17, 15) is 0 Å². The molecule has 0 saturated carbocycles. The topological polar surface area (TPSA) is 34.2 Å². The fraction of sp³-hybridized carbons (Fsp3) is 0.389. The number of rotatable bonds is 7. The molecule has 0 radical (unpaired) electrons. The minimum Gasteiger partial charge on any atom is -0.439 e. The third-order valence-electron chi connectivity index (χ3n) is 3.66. The Labute approximate surface area is 127 Å². The van der Waals surface area contributed by atoms with Gasteiger partial charge < -0.3 is 10.1 Å². The number of benzene rings is 1. The van der Waals surface area contributed by atoms with Gasteiger partial charge >= 0.3 is 0 Å². The van der Waals surface area contributed by atoms with Crippen LogP contribution in [0.5, 0.6) is 11.6 Å². The van der Waals surface area contributed by atoms with E-state index in [1.54, 1.807) is 6.20 Å². The van der Waals surface area contributed by atoms with Crippen molar-refractivity contribution in [1.29, 1.82) is 0 Å². The fourth-order valence-electron chi connectivity index (χ4n) is 2.11. The third kappa shape index (κ3) is 4.57. The van der Waals surface area contributed by atoms with Crippen molar-refractivity contribution in [2.24, 2.45) is 0 Å². The van der Waals surface area contributed by atoms with Gasteiger partial charge in [-0.2, -0.15) is 0 Å². The zero-order valence-corrected chi connectivity index (χ0v) is 13.1. The Morgan fingerprint density at radius 1 is 1.14 bits per heavy atom. The van der Waals surface area contributed by atoms with Gasteiger partial charge in [0.2, 0.25) is 5.88 Å². The van der Waals surface area contributed by atoms with Gasteiger partial charge in [-0.25, -0.2) is 4.98 Å². The van der Waals surface area contributed by atoms with Crippen LogP contribution >= 0.6 is 0 Å². The molecule has 0 saturated heterocycles.